The van der Waals surface area contributed by atoms with Crippen molar-refractivity contribution in [2.75, 3.05) is 38.0 Å². The zero-order valence-electron chi connectivity index (χ0n) is 14.1. The van der Waals surface area contributed by atoms with Gasteiger partial charge in [0.1, 0.15) is 0 Å². The fraction of sp³-hybridized carbons (Fsp3) is 0.278. The summed E-state index contributed by atoms with van der Waals surface area (Å²) in [4.78, 5) is 14.4. The van der Waals surface area contributed by atoms with Gasteiger partial charge in [0.15, 0.2) is 0 Å². The number of para-hydroxylation sites is 1. The third kappa shape index (κ3) is 4.70. The average Bonchev–Trinajstić information content (AvgIpc) is 2.63. The third-order valence-corrected chi connectivity index (χ3v) is 6.65. The molecule has 1 heterocycles. The van der Waals surface area contributed by atoms with Gasteiger partial charge in [0, 0.05) is 36.3 Å². The molecule has 0 atom stereocenters. The molecule has 0 bridgehead atoms. The molecule has 1 aliphatic heterocycles. The standard InChI is InChI=1S/C18H20BrN3O3S/c19-15-6-8-17(9-7-15)26(24,25)22-12-10-21(11-13-22)14-18(23)20-16-4-2-1-3-5-16/h1-9H,10-14H2,(H,20,23). The molecule has 1 saturated heterocycles. The number of carbonyl (C=O) groups excluding carboxylic acids is 1. The topological polar surface area (TPSA) is 69.7 Å². The molecule has 3 rings (SSSR count). The molecule has 6 nitrogen and oxygen atoms in total. The molecule has 1 aliphatic rings. The van der Waals surface area contributed by atoms with Crippen molar-refractivity contribution in [2.45, 2.75) is 4.90 Å². The maximum Gasteiger partial charge on any atom is 0.243 e. The first-order valence-corrected chi connectivity index (χ1v) is 10.5. The average molecular weight is 438 g/mol. The van der Waals surface area contributed by atoms with Gasteiger partial charge in [-0.15, -0.1) is 0 Å². The van der Waals surface area contributed by atoms with Gasteiger partial charge >= 0.3 is 0 Å². The lowest BCUT2D eigenvalue weighted by atomic mass is 10.3. The molecule has 2 aromatic rings. The lowest BCUT2D eigenvalue weighted by molar-refractivity contribution is -0.117. The van der Waals surface area contributed by atoms with E-state index in [0.717, 1.165) is 10.2 Å². The summed E-state index contributed by atoms with van der Waals surface area (Å²) >= 11 is 3.31. The number of piperazine rings is 1. The Kier molecular flexibility index (Phi) is 6.08. The summed E-state index contributed by atoms with van der Waals surface area (Å²) in [5, 5.41) is 2.84. The second-order valence-electron chi connectivity index (χ2n) is 6.05. The Morgan fingerprint density at radius 1 is 0.962 bits per heavy atom. The zero-order valence-corrected chi connectivity index (χ0v) is 16.5. The van der Waals surface area contributed by atoms with Crippen LogP contribution < -0.4 is 5.32 Å². The molecule has 0 aromatic heterocycles. The van der Waals surface area contributed by atoms with E-state index in [4.69, 9.17) is 0 Å². The summed E-state index contributed by atoms with van der Waals surface area (Å²) in [5.74, 6) is -0.0968. The number of carbonyl (C=O) groups is 1. The number of rotatable bonds is 5. The van der Waals surface area contributed by atoms with Crippen molar-refractivity contribution >= 4 is 37.5 Å². The molecule has 0 saturated carbocycles. The summed E-state index contributed by atoms with van der Waals surface area (Å²) in [7, 11) is -3.49. The Hall–Kier alpha value is -1.74. The highest BCUT2D eigenvalue weighted by Crippen LogP contribution is 2.20. The summed E-state index contributed by atoms with van der Waals surface area (Å²) in [5.41, 5.74) is 0.758. The number of hydrogen-bond acceptors (Lipinski definition) is 4. The number of nitrogens with one attached hydrogen (secondary N) is 1. The Morgan fingerprint density at radius 2 is 1.58 bits per heavy atom. The third-order valence-electron chi connectivity index (χ3n) is 4.21. The van der Waals surface area contributed by atoms with E-state index >= 15 is 0 Å². The molecule has 1 fully saturated rings. The van der Waals surface area contributed by atoms with Gasteiger partial charge in [-0.05, 0) is 36.4 Å². The molecule has 0 unspecified atom stereocenters. The van der Waals surface area contributed by atoms with Gasteiger partial charge in [0.25, 0.3) is 0 Å². The van der Waals surface area contributed by atoms with Crippen LogP contribution in [0.3, 0.4) is 0 Å². The molecule has 26 heavy (non-hydrogen) atoms. The Morgan fingerprint density at radius 3 is 2.19 bits per heavy atom. The minimum Gasteiger partial charge on any atom is -0.325 e. The Labute approximate surface area is 162 Å². The SMILES string of the molecule is O=C(CN1CCN(S(=O)(=O)c2ccc(Br)cc2)CC1)Nc1ccccc1. The van der Waals surface area contributed by atoms with E-state index in [0.29, 0.717) is 26.2 Å². The van der Waals surface area contributed by atoms with Gasteiger partial charge in [-0.3, -0.25) is 9.69 Å². The van der Waals surface area contributed by atoms with Crippen LogP contribution >= 0.6 is 15.9 Å². The number of amides is 1. The van der Waals surface area contributed by atoms with Crippen molar-refractivity contribution in [3.8, 4) is 0 Å². The molecular formula is C18H20BrN3O3S. The molecular weight excluding hydrogens is 418 g/mol. The predicted octanol–water partition coefficient (Wildman–Crippen LogP) is 2.39. The molecule has 8 heteroatoms. The highest BCUT2D eigenvalue weighted by Gasteiger charge is 2.28. The zero-order chi connectivity index (χ0) is 18.6. The molecule has 2 aromatic carbocycles. The minimum absolute atomic E-state index is 0.0968. The van der Waals surface area contributed by atoms with Crippen molar-refractivity contribution < 1.29 is 13.2 Å². The van der Waals surface area contributed by atoms with Crippen molar-refractivity contribution in [3.05, 3.63) is 59.1 Å². The van der Waals surface area contributed by atoms with Gasteiger partial charge in [-0.25, -0.2) is 8.42 Å². The maximum absolute atomic E-state index is 12.7. The normalized spacial score (nSPS) is 16.3. The van der Waals surface area contributed by atoms with Crippen LogP contribution in [0.15, 0.2) is 64.0 Å². The van der Waals surface area contributed by atoms with Crippen LogP contribution in [0.1, 0.15) is 0 Å². The highest BCUT2D eigenvalue weighted by molar-refractivity contribution is 9.10. The highest BCUT2D eigenvalue weighted by atomic mass is 79.9. The Bertz CT molecular complexity index is 849. The van der Waals surface area contributed by atoms with Crippen molar-refractivity contribution in [1.29, 1.82) is 0 Å². The van der Waals surface area contributed by atoms with E-state index in [-0.39, 0.29) is 17.3 Å². The van der Waals surface area contributed by atoms with Gasteiger partial charge in [0.2, 0.25) is 15.9 Å². The summed E-state index contributed by atoms with van der Waals surface area (Å²) < 4.78 is 27.7. The summed E-state index contributed by atoms with van der Waals surface area (Å²) in [6, 6.07) is 15.9. The second kappa shape index (κ2) is 8.30. The lowest BCUT2D eigenvalue weighted by Crippen LogP contribution is -2.50. The van der Waals surface area contributed by atoms with Gasteiger partial charge in [0.05, 0.1) is 11.4 Å². The van der Waals surface area contributed by atoms with Crippen LogP contribution in [-0.4, -0.2) is 56.3 Å². The smallest absolute Gasteiger partial charge is 0.243 e. The van der Waals surface area contributed by atoms with E-state index in [1.807, 2.05) is 35.2 Å². The lowest BCUT2D eigenvalue weighted by Gasteiger charge is -2.33. The molecule has 0 spiro atoms. The molecule has 0 aliphatic carbocycles. The first kappa shape index (κ1) is 19.0. The molecule has 0 radical (unpaired) electrons. The molecule has 1 amide bonds. The Balaban J connectivity index is 1.54. The van der Waals surface area contributed by atoms with Crippen LogP contribution in [-0.2, 0) is 14.8 Å². The number of hydrogen-bond donors (Lipinski definition) is 1. The van der Waals surface area contributed by atoms with E-state index < -0.39 is 10.0 Å². The van der Waals surface area contributed by atoms with E-state index in [1.165, 1.54) is 4.31 Å². The largest absolute Gasteiger partial charge is 0.325 e. The fourth-order valence-electron chi connectivity index (χ4n) is 2.81. The second-order valence-corrected chi connectivity index (χ2v) is 8.90. The number of sulfonamides is 1. The number of anilines is 1. The van der Waals surface area contributed by atoms with Crippen LogP contribution in [0.4, 0.5) is 5.69 Å². The summed E-state index contributed by atoms with van der Waals surface area (Å²) in [6.45, 7) is 2.05. The van der Waals surface area contributed by atoms with Crippen LogP contribution in [0.25, 0.3) is 0 Å². The van der Waals surface area contributed by atoms with E-state index in [9.17, 15) is 13.2 Å². The van der Waals surface area contributed by atoms with Gasteiger partial charge in [-0.2, -0.15) is 4.31 Å². The quantitative estimate of drug-likeness (QED) is 0.779. The molecule has 138 valence electrons. The van der Waals surface area contributed by atoms with Crippen LogP contribution in [0.5, 0.6) is 0 Å². The number of benzene rings is 2. The van der Waals surface area contributed by atoms with Gasteiger partial charge in [-0.1, -0.05) is 34.1 Å². The first-order chi connectivity index (χ1) is 12.4. The van der Waals surface area contributed by atoms with E-state index in [1.54, 1.807) is 24.3 Å². The number of halogens is 1. The van der Waals surface area contributed by atoms with Crippen molar-refractivity contribution in [2.24, 2.45) is 0 Å². The monoisotopic (exact) mass is 437 g/mol. The van der Waals surface area contributed by atoms with Crippen LogP contribution in [0.2, 0.25) is 0 Å². The number of nitrogens with zero attached hydrogens (tertiary/aromatic N) is 2. The first-order valence-electron chi connectivity index (χ1n) is 8.28. The van der Waals surface area contributed by atoms with E-state index in [2.05, 4.69) is 21.2 Å². The predicted molar refractivity (Wildman–Crippen MR) is 104 cm³/mol. The molecule has 1 N–H and O–H groups in total. The van der Waals surface area contributed by atoms with Crippen molar-refractivity contribution in [3.63, 3.8) is 0 Å². The van der Waals surface area contributed by atoms with Gasteiger partial charge < -0.3 is 5.32 Å². The van der Waals surface area contributed by atoms with Crippen molar-refractivity contribution in [1.82, 2.24) is 9.21 Å². The van der Waals surface area contributed by atoms with Crippen LogP contribution in [0, 0.1) is 0 Å². The summed E-state index contributed by atoms with van der Waals surface area (Å²) in [6.07, 6.45) is 0. The minimum atomic E-state index is -3.49. The fourth-order valence-corrected chi connectivity index (χ4v) is 4.50. The maximum atomic E-state index is 12.7.